The van der Waals surface area contributed by atoms with Gasteiger partial charge in [0.1, 0.15) is 12.1 Å². The van der Waals surface area contributed by atoms with Crippen LogP contribution in [0.2, 0.25) is 0 Å². The zero-order valence-corrected chi connectivity index (χ0v) is 18.5. The SMILES string of the molecule is CCOC(=O)[C@@](C#N)(Cc1ccccc1C[C@@](C#N)(NC(C)=O)C(=O)OCC)NC(C)=O. The molecule has 0 spiro atoms. The van der Waals surface area contributed by atoms with E-state index in [9.17, 15) is 29.7 Å². The minimum Gasteiger partial charge on any atom is -0.463 e. The third-order valence-corrected chi connectivity index (χ3v) is 4.44. The van der Waals surface area contributed by atoms with Gasteiger partial charge in [0.2, 0.25) is 22.9 Å². The summed E-state index contributed by atoms with van der Waals surface area (Å²) in [6.45, 7) is 5.44. The summed E-state index contributed by atoms with van der Waals surface area (Å²) < 4.78 is 9.99. The quantitative estimate of drug-likeness (QED) is 0.501. The summed E-state index contributed by atoms with van der Waals surface area (Å²) in [7, 11) is 0. The van der Waals surface area contributed by atoms with Crippen LogP contribution in [0.1, 0.15) is 38.8 Å². The van der Waals surface area contributed by atoms with E-state index < -0.39 is 34.8 Å². The highest BCUT2D eigenvalue weighted by Crippen LogP contribution is 2.24. The average molecular weight is 442 g/mol. The predicted octanol–water partition coefficient (Wildman–Crippen LogP) is 0.695. The van der Waals surface area contributed by atoms with E-state index in [1.165, 1.54) is 0 Å². The molecule has 2 atom stereocenters. The third kappa shape index (κ3) is 6.29. The fourth-order valence-electron chi connectivity index (χ4n) is 3.14. The molecule has 170 valence electrons. The number of esters is 2. The minimum atomic E-state index is -2.02. The van der Waals surface area contributed by atoms with Crippen molar-refractivity contribution in [3.05, 3.63) is 35.4 Å². The minimum absolute atomic E-state index is 0.00751. The lowest BCUT2D eigenvalue weighted by Gasteiger charge is -2.28. The molecule has 2 amide bonds. The second kappa shape index (κ2) is 11.5. The number of nitriles is 2. The van der Waals surface area contributed by atoms with E-state index >= 15 is 0 Å². The van der Waals surface area contributed by atoms with E-state index in [1.807, 2.05) is 12.1 Å². The van der Waals surface area contributed by atoms with Gasteiger partial charge in [-0.1, -0.05) is 24.3 Å². The molecule has 0 saturated carbocycles. The van der Waals surface area contributed by atoms with Crippen LogP contribution in [0, 0.1) is 22.7 Å². The van der Waals surface area contributed by atoms with Crippen LogP contribution in [0.4, 0.5) is 0 Å². The number of hydrogen-bond acceptors (Lipinski definition) is 8. The van der Waals surface area contributed by atoms with Crippen molar-refractivity contribution >= 4 is 23.8 Å². The van der Waals surface area contributed by atoms with Gasteiger partial charge >= 0.3 is 11.9 Å². The van der Waals surface area contributed by atoms with Crippen molar-refractivity contribution in [3.63, 3.8) is 0 Å². The molecule has 1 rings (SSSR count). The number of amides is 2. The molecule has 0 radical (unpaired) electrons. The van der Waals surface area contributed by atoms with Crippen LogP contribution in [-0.2, 0) is 41.5 Å². The molecular formula is C22H26N4O6. The monoisotopic (exact) mass is 442 g/mol. The van der Waals surface area contributed by atoms with E-state index in [0.29, 0.717) is 11.1 Å². The molecule has 10 nitrogen and oxygen atoms in total. The van der Waals surface area contributed by atoms with Crippen LogP contribution in [-0.4, -0.2) is 48.0 Å². The molecule has 0 unspecified atom stereocenters. The van der Waals surface area contributed by atoms with Crippen molar-refractivity contribution in [1.82, 2.24) is 10.6 Å². The Bertz CT molecular complexity index is 887. The zero-order chi connectivity index (χ0) is 24.4. The Labute approximate surface area is 186 Å². The highest BCUT2D eigenvalue weighted by atomic mass is 16.5. The number of carbonyl (C=O) groups is 4. The second-order valence-electron chi connectivity index (χ2n) is 6.96. The number of nitrogens with zero attached hydrogens (tertiary/aromatic N) is 2. The van der Waals surface area contributed by atoms with Gasteiger partial charge in [-0.3, -0.25) is 9.59 Å². The van der Waals surface area contributed by atoms with Gasteiger partial charge < -0.3 is 20.1 Å². The normalized spacial score (nSPS) is 13.8. The van der Waals surface area contributed by atoms with Crippen molar-refractivity contribution in [2.75, 3.05) is 13.2 Å². The Morgan fingerprint density at radius 2 is 1.16 bits per heavy atom. The van der Waals surface area contributed by atoms with Gasteiger partial charge in [0, 0.05) is 26.7 Å². The Morgan fingerprint density at radius 1 is 0.812 bits per heavy atom. The largest absolute Gasteiger partial charge is 0.463 e. The van der Waals surface area contributed by atoms with E-state index in [4.69, 9.17) is 9.47 Å². The predicted molar refractivity (Wildman–Crippen MR) is 111 cm³/mol. The zero-order valence-electron chi connectivity index (χ0n) is 18.5. The first-order valence-corrected chi connectivity index (χ1v) is 9.91. The van der Waals surface area contributed by atoms with Crippen molar-refractivity contribution in [1.29, 1.82) is 10.5 Å². The maximum absolute atomic E-state index is 12.6. The molecule has 0 saturated heterocycles. The first kappa shape index (κ1) is 26.1. The van der Waals surface area contributed by atoms with Crippen LogP contribution in [0.25, 0.3) is 0 Å². The number of nitrogens with one attached hydrogen (secondary N) is 2. The maximum Gasteiger partial charge on any atom is 0.347 e. The summed E-state index contributed by atoms with van der Waals surface area (Å²) in [5, 5.41) is 24.3. The van der Waals surface area contributed by atoms with Crippen LogP contribution >= 0.6 is 0 Å². The molecular weight excluding hydrogens is 416 g/mol. The molecule has 0 aliphatic heterocycles. The van der Waals surface area contributed by atoms with Crippen molar-refractivity contribution in [2.45, 2.75) is 51.6 Å². The van der Waals surface area contributed by atoms with Gasteiger partial charge in [0.25, 0.3) is 0 Å². The Kier molecular flexibility index (Phi) is 9.36. The van der Waals surface area contributed by atoms with Crippen LogP contribution in [0.5, 0.6) is 0 Å². The molecule has 2 N–H and O–H groups in total. The maximum atomic E-state index is 12.6. The summed E-state index contributed by atoms with van der Waals surface area (Å²) in [6, 6.07) is 10.1. The summed E-state index contributed by atoms with van der Waals surface area (Å²) in [4.78, 5) is 48.6. The lowest BCUT2D eigenvalue weighted by Crippen LogP contribution is -2.56. The fourth-order valence-corrected chi connectivity index (χ4v) is 3.14. The third-order valence-electron chi connectivity index (χ3n) is 4.44. The standard InChI is InChI=1S/C22H26N4O6/c1-5-31-19(29)21(13-23,25-15(3)27)11-17-9-7-8-10-18(17)12-22(14-24,26-16(4)28)20(30)32-6-2/h7-10H,5-6,11-12H2,1-4H3,(H,25,27)(H,26,28)/t21-,22-/m0/s1. The van der Waals surface area contributed by atoms with Crippen LogP contribution in [0.15, 0.2) is 24.3 Å². The summed E-state index contributed by atoms with van der Waals surface area (Å²) >= 11 is 0. The lowest BCUT2D eigenvalue weighted by atomic mass is 9.84. The van der Waals surface area contributed by atoms with E-state index in [1.54, 1.807) is 38.1 Å². The molecule has 1 aromatic carbocycles. The molecule has 0 aliphatic rings. The molecule has 0 fully saturated rings. The Hall–Kier alpha value is -3.92. The van der Waals surface area contributed by atoms with Gasteiger partial charge in [-0.15, -0.1) is 0 Å². The van der Waals surface area contributed by atoms with Gasteiger partial charge in [0.05, 0.1) is 13.2 Å². The first-order valence-electron chi connectivity index (χ1n) is 9.91. The summed E-state index contributed by atoms with van der Waals surface area (Å²) in [5.41, 5.74) is -3.26. The number of ether oxygens (including phenoxy) is 2. The molecule has 1 aromatic rings. The van der Waals surface area contributed by atoms with Gasteiger partial charge in [0.15, 0.2) is 0 Å². The molecule has 0 bridgehead atoms. The van der Waals surface area contributed by atoms with Crippen molar-refractivity contribution in [2.24, 2.45) is 0 Å². The van der Waals surface area contributed by atoms with E-state index in [0.717, 1.165) is 13.8 Å². The molecule has 10 heteroatoms. The topological polar surface area (TPSA) is 158 Å². The average Bonchev–Trinajstić information content (AvgIpc) is 2.73. The van der Waals surface area contributed by atoms with E-state index in [-0.39, 0.29) is 26.1 Å². The number of rotatable bonds is 10. The Balaban J connectivity index is 3.52. The smallest absolute Gasteiger partial charge is 0.347 e. The number of carbonyl (C=O) groups excluding carboxylic acids is 4. The van der Waals surface area contributed by atoms with Gasteiger partial charge in [-0.25, -0.2) is 9.59 Å². The van der Waals surface area contributed by atoms with Gasteiger partial charge in [-0.05, 0) is 25.0 Å². The van der Waals surface area contributed by atoms with Crippen molar-refractivity contribution < 1.29 is 28.7 Å². The van der Waals surface area contributed by atoms with Crippen molar-refractivity contribution in [3.8, 4) is 12.1 Å². The summed E-state index contributed by atoms with van der Waals surface area (Å²) in [6.07, 6.45) is -0.578. The highest BCUT2D eigenvalue weighted by molar-refractivity contribution is 5.91. The molecule has 32 heavy (non-hydrogen) atoms. The second-order valence-corrected chi connectivity index (χ2v) is 6.96. The molecule has 0 aliphatic carbocycles. The Morgan fingerprint density at radius 3 is 1.41 bits per heavy atom. The summed E-state index contributed by atoms with van der Waals surface area (Å²) in [5.74, 6) is -3.11. The lowest BCUT2D eigenvalue weighted by molar-refractivity contribution is -0.151. The van der Waals surface area contributed by atoms with Gasteiger partial charge in [-0.2, -0.15) is 10.5 Å². The molecule has 0 heterocycles. The number of hydrogen-bond donors (Lipinski definition) is 2. The fraction of sp³-hybridized carbons (Fsp3) is 0.455. The van der Waals surface area contributed by atoms with Crippen LogP contribution in [0.3, 0.4) is 0 Å². The number of benzene rings is 1. The van der Waals surface area contributed by atoms with Crippen LogP contribution < -0.4 is 10.6 Å². The van der Waals surface area contributed by atoms with E-state index in [2.05, 4.69) is 10.6 Å². The molecule has 0 aromatic heterocycles. The highest BCUT2D eigenvalue weighted by Gasteiger charge is 2.45. The first-order chi connectivity index (χ1) is 15.1.